The number of benzene rings is 2. The molecule has 0 bridgehead atoms. The molecule has 138 valence electrons. The van der Waals surface area contributed by atoms with Crippen LogP contribution in [-0.4, -0.2) is 31.6 Å². The number of hydrogen-bond acceptors (Lipinski definition) is 4. The van der Waals surface area contributed by atoms with Gasteiger partial charge in [0.2, 0.25) is 0 Å². The highest BCUT2D eigenvalue weighted by Gasteiger charge is 2.12. The van der Waals surface area contributed by atoms with Gasteiger partial charge in [-0.25, -0.2) is 4.79 Å². The van der Waals surface area contributed by atoms with Crippen molar-refractivity contribution < 1.29 is 27.8 Å². The maximum Gasteiger partial charge on any atom is 0.387 e. The van der Waals surface area contributed by atoms with Gasteiger partial charge in [0.25, 0.3) is 5.91 Å². The summed E-state index contributed by atoms with van der Waals surface area (Å²) in [5.74, 6) is -1.08. The minimum absolute atomic E-state index is 0.0656. The summed E-state index contributed by atoms with van der Waals surface area (Å²) in [6.07, 6.45) is 0. The molecule has 0 aliphatic carbocycles. The lowest BCUT2D eigenvalue weighted by atomic mass is 10.0. The van der Waals surface area contributed by atoms with Crippen molar-refractivity contribution in [3.63, 3.8) is 0 Å². The zero-order valence-corrected chi connectivity index (χ0v) is 14.2. The van der Waals surface area contributed by atoms with Crippen molar-refractivity contribution in [2.45, 2.75) is 19.5 Å². The maximum atomic E-state index is 12.1. The van der Waals surface area contributed by atoms with Crippen molar-refractivity contribution in [2.75, 3.05) is 13.2 Å². The van der Waals surface area contributed by atoms with Gasteiger partial charge in [0, 0.05) is 6.54 Å². The van der Waals surface area contributed by atoms with Gasteiger partial charge < -0.3 is 14.8 Å². The second-order valence-corrected chi connectivity index (χ2v) is 5.59. The molecule has 0 aromatic heterocycles. The molecule has 2 aromatic carbocycles. The van der Waals surface area contributed by atoms with Crippen LogP contribution in [0, 0.1) is 0 Å². The van der Waals surface area contributed by atoms with E-state index in [-0.39, 0.29) is 17.2 Å². The predicted molar refractivity (Wildman–Crippen MR) is 91.2 cm³/mol. The SMILES string of the molecule is C[C@H](CNC(=O)COC(=O)c1ccc(OC(F)F)cc1)c1ccccc1. The molecule has 0 radical (unpaired) electrons. The van der Waals surface area contributed by atoms with Gasteiger partial charge in [-0.3, -0.25) is 4.79 Å². The van der Waals surface area contributed by atoms with Gasteiger partial charge in [0.1, 0.15) is 5.75 Å². The van der Waals surface area contributed by atoms with Crippen LogP contribution < -0.4 is 10.1 Å². The van der Waals surface area contributed by atoms with E-state index in [1.165, 1.54) is 24.3 Å². The first-order valence-electron chi connectivity index (χ1n) is 7.99. The average Bonchev–Trinajstić information content (AvgIpc) is 2.65. The van der Waals surface area contributed by atoms with Crippen LogP contribution in [0.15, 0.2) is 54.6 Å². The van der Waals surface area contributed by atoms with Crippen molar-refractivity contribution in [3.8, 4) is 5.75 Å². The van der Waals surface area contributed by atoms with E-state index in [0.29, 0.717) is 6.54 Å². The topological polar surface area (TPSA) is 64.6 Å². The van der Waals surface area contributed by atoms with E-state index in [0.717, 1.165) is 5.56 Å². The Morgan fingerprint density at radius 3 is 2.31 bits per heavy atom. The van der Waals surface area contributed by atoms with Crippen molar-refractivity contribution >= 4 is 11.9 Å². The number of rotatable bonds is 8. The Bertz CT molecular complexity index is 720. The summed E-state index contributed by atoms with van der Waals surface area (Å²) >= 11 is 0. The van der Waals surface area contributed by atoms with Crippen LogP contribution in [0.3, 0.4) is 0 Å². The van der Waals surface area contributed by atoms with Gasteiger partial charge in [-0.1, -0.05) is 37.3 Å². The van der Waals surface area contributed by atoms with Crippen LogP contribution in [0.4, 0.5) is 8.78 Å². The minimum atomic E-state index is -2.94. The van der Waals surface area contributed by atoms with Gasteiger partial charge in [-0.15, -0.1) is 0 Å². The summed E-state index contributed by atoms with van der Waals surface area (Å²) in [6.45, 7) is -0.963. The van der Waals surface area contributed by atoms with E-state index in [1.807, 2.05) is 37.3 Å². The fourth-order valence-corrected chi connectivity index (χ4v) is 2.20. The molecule has 0 aliphatic heterocycles. The van der Waals surface area contributed by atoms with Crippen LogP contribution >= 0.6 is 0 Å². The Balaban J connectivity index is 1.75. The Morgan fingerprint density at radius 2 is 1.69 bits per heavy atom. The Labute approximate surface area is 149 Å². The number of halogens is 2. The monoisotopic (exact) mass is 363 g/mol. The quantitative estimate of drug-likeness (QED) is 0.731. The maximum absolute atomic E-state index is 12.1. The van der Waals surface area contributed by atoms with Crippen LogP contribution in [-0.2, 0) is 9.53 Å². The van der Waals surface area contributed by atoms with E-state index in [2.05, 4.69) is 10.1 Å². The zero-order chi connectivity index (χ0) is 18.9. The number of carbonyl (C=O) groups is 2. The molecule has 2 aromatic rings. The molecule has 7 heteroatoms. The first-order chi connectivity index (χ1) is 12.5. The lowest BCUT2D eigenvalue weighted by molar-refractivity contribution is -0.124. The van der Waals surface area contributed by atoms with Crippen molar-refractivity contribution in [3.05, 3.63) is 65.7 Å². The molecule has 0 saturated carbocycles. The molecule has 2 rings (SSSR count). The summed E-state index contributed by atoms with van der Waals surface area (Å²) in [5.41, 5.74) is 1.23. The summed E-state index contributed by atoms with van der Waals surface area (Å²) in [4.78, 5) is 23.6. The molecule has 5 nitrogen and oxygen atoms in total. The Kier molecular flexibility index (Phi) is 7.08. The second kappa shape index (κ2) is 9.50. The number of hydrogen-bond donors (Lipinski definition) is 1. The third kappa shape index (κ3) is 6.16. The molecule has 26 heavy (non-hydrogen) atoms. The largest absolute Gasteiger partial charge is 0.452 e. The fraction of sp³-hybridized carbons (Fsp3) is 0.263. The number of nitrogens with one attached hydrogen (secondary N) is 1. The summed E-state index contributed by atoms with van der Waals surface area (Å²) in [5, 5.41) is 2.70. The molecule has 0 heterocycles. The molecule has 0 spiro atoms. The van der Waals surface area contributed by atoms with Gasteiger partial charge >= 0.3 is 12.6 Å². The molecule has 0 unspecified atom stereocenters. The Morgan fingerprint density at radius 1 is 1.04 bits per heavy atom. The Hall–Kier alpha value is -2.96. The van der Waals surface area contributed by atoms with E-state index in [4.69, 9.17) is 4.74 Å². The van der Waals surface area contributed by atoms with Gasteiger partial charge in [0.15, 0.2) is 6.61 Å². The van der Waals surface area contributed by atoms with E-state index in [1.54, 1.807) is 0 Å². The molecular formula is C19H19F2NO4. The second-order valence-electron chi connectivity index (χ2n) is 5.59. The van der Waals surface area contributed by atoms with Crippen LogP contribution in [0.2, 0.25) is 0 Å². The first-order valence-corrected chi connectivity index (χ1v) is 7.99. The van der Waals surface area contributed by atoms with Gasteiger partial charge in [-0.05, 0) is 35.7 Å². The van der Waals surface area contributed by atoms with Crippen LogP contribution in [0.1, 0.15) is 28.8 Å². The highest BCUT2D eigenvalue weighted by molar-refractivity contribution is 5.91. The first kappa shape index (κ1) is 19.4. The van der Waals surface area contributed by atoms with Gasteiger partial charge in [0.05, 0.1) is 5.56 Å². The lowest BCUT2D eigenvalue weighted by Crippen LogP contribution is -2.31. The molecule has 1 atom stereocenters. The van der Waals surface area contributed by atoms with Crippen LogP contribution in [0.25, 0.3) is 0 Å². The number of ether oxygens (including phenoxy) is 2. The van der Waals surface area contributed by atoms with E-state index >= 15 is 0 Å². The van der Waals surface area contributed by atoms with E-state index in [9.17, 15) is 18.4 Å². The lowest BCUT2D eigenvalue weighted by Gasteiger charge is -2.13. The molecule has 0 aliphatic rings. The molecule has 1 amide bonds. The minimum Gasteiger partial charge on any atom is -0.452 e. The number of carbonyl (C=O) groups excluding carboxylic acids is 2. The van der Waals surface area contributed by atoms with Gasteiger partial charge in [-0.2, -0.15) is 8.78 Å². The highest BCUT2D eigenvalue weighted by Crippen LogP contribution is 2.15. The standard InChI is InChI=1S/C19H19F2NO4/c1-13(14-5-3-2-4-6-14)11-22-17(23)12-25-18(24)15-7-9-16(10-8-15)26-19(20)21/h2-10,13,19H,11-12H2,1H3,(H,22,23)/t13-/m1/s1. The van der Waals surface area contributed by atoms with Crippen molar-refractivity contribution in [1.29, 1.82) is 0 Å². The van der Waals surface area contributed by atoms with E-state index < -0.39 is 25.1 Å². The predicted octanol–water partition coefficient (Wildman–Crippen LogP) is 3.36. The van der Waals surface area contributed by atoms with Crippen LogP contribution in [0.5, 0.6) is 5.75 Å². The number of esters is 1. The van der Waals surface area contributed by atoms with Crippen molar-refractivity contribution in [2.24, 2.45) is 0 Å². The molecule has 0 saturated heterocycles. The normalized spacial score (nSPS) is 11.7. The highest BCUT2D eigenvalue weighted by atomic mass is 19.3. The number of alkyl halides is 2. The summed E-state index contributed by atoms with van der Waals surface area (Å²) in [6, 6.07) is 14.7. The summed E-state index contributed by atoms with van der Waals surface area (Å²) < 4.78 is 33.2. The third-order valence-corrected chi connectivity index (χ3v) is 3.62. The average molecular weight is 363 g/mol. The molecule has 1 N–H and O–H groups in total. The molecular weight excluding hydrogens is 344 g/mol. The number of amides is 1. The fourth-order valence-electron chi connectivity index (χ4n) is 2.20. The summed E-state index contributed by atoms with van der Waals surface area (Å²) in [7, 11) is 0. The molecule has 0 fully saturated rings. The zero-order valence-electron chi connectivity index (χ0n) is 14.2. The smallest absolute Gasteiger partial charge is 0.387 e. The van der Waals surface area contributed by atoms with Crippen molar-refractivity contribution in [1.82, 2.24) is 5.32 Å². The third-order valence-electron chi connectivity index (χ3n) is 3.62.